The molecule has 1 atom stereocenters. The number of hydrogen-bond acceptors (Lipinski definition) is 3. The minimum absolute atomic E-state index is 0.707. The van der Waals surface area contributed by atoms with Crippen molar-refractivity contribution < 1.29 is 10.2 Å². The Morgan fingerprint density at radius 3 is 2.40 bits per heavy atom. The maximum Gasteiger partial charge on any atom is 0.108 e. The first kappa shape index (κ1) is 11.1. The van der Waals surface area contributed by atoms with Gasteiger partial charge in [-0.15, -0.1) is 0 Å². The molecule has 1 aliphatic carbocycles. The molecule has 3 heteroatoms. The molecular weight excluding hydrogens is 208 g/mol. The zero-order chi connectivity index (χ0) is 10.7. The van der Waals surface area contributed by atoms with Crippen molar-refractivity contribution >= 4 is 11.3 Å². The second kappa shape index (κ2) is 4.64. The fourth-order valence-corrected chi connectivity index (χ4v) is 3.03. The highest BCUT2D eigenvalue weighted by Gasteiger charge is 2.36. The van der Waals surface area contributed by atoms with E-state index in [0.29, 0.717) is 0 Å². The van der Waals surface area contributed by atoms with E-state index in [0.717, 1.165) is 31.2 Å². The standard InChI is InChI=1S/C12H18O2S/c13-11(10-5-8-15-9-10)12(14)6-3-1-2-4-7-12/h5,8-9,11,13-14H,1-4,6-7H2. The Labute approximate surface area is 94.6 Å². The lowest BCUT2D eigenvalue weighted by Gasteiger charge is -2.31. The van der Waals surface area contributed by atoms with E-state index in [2.05, 4.69) is 0 Å². The summed E-state index contributed by atoms with van der Waals surface area (Å²) in [4.78, 5) is 0. The van der Waals surface area contributed by atoms with E-state index in [1.165, 1.54) is 12.8 Å². The van der Waals surface area contributed by atoms with E-state index in [1.54, 1.807) is 11.3 Å². The summed E-state index contributed by atoms with van der Waals surface area (Å²) in [5.41, 5.74) is -0.0261. The topological polar surface area (TPSA) is 40.5 Å². The Morgan fingerprint density at radius 2 is 1.87 bits per heavy atom. The first-order valence-corrected chi connectivity index (χ1v) is 6.59. The quantitative estimate of drug-likeness (QED) is 0.761. The summed E-state index contributed by atoms with van der Waals surface area (Å²) >= 11 is 1.56. The molecule has 2 nitrogen and oxygen atoms in total. The van der Waals surface area contributed by atoms with E-state index in [-0.39, 0.29) is 0 Å². The highest BCUT2D eigenvalue weighted by Crippen LogP contribution is 2.37. The van der Waals surface area contributed by atoms with Crippen molar-refractivity contribution in [3.05, 3.63) is 22.4 Å². The third-order valence-electron chi connectivity index (χ3n) is 3.34. The molecule has 2 N–H and O–H groups in total. The molecule has 1 heterocycles. The monoisotopic (exact) mass is 226 g/mol. The summed E-state index contributed by atoms with van der Waals surface area (Å²) in [5, 5.41) is 24.5. The average molecular weight is 226 g/mol. The number of aliphatic hydroxyl groups is 2. The van der Waals surface area contributed by atoms with E-state index in [9.17, 15) is 10.2 Å². The minimum Gasteiger partial charge on any atom is -0.387 e. The molecule has 0 radical (unpaired) electrons. The summed E-state index contributed by atoms with van der Waals surface area (Å²) in [6, 6.07) is 1.90. The second-order valence-electron chi connectivity index (χ2n) is 4.48. The van der Waals surface area contributed by atoms with Gasteiger partial charge in [-0.05, 0) is 35.2 Å². The molecule has 0 aliphatic heterocycles. The van der Waals surface area contributed by atoms with Crippen molar-refractivity contribution in [1.82, 2.24) is 0 Å². The van der Waals surface area contributed by atoms with Crippen LogP contribution in [0.3, 0.4) is 0 Å². The molecule has 0 bridgehead atoms. The van der Waals surface area contributed by atoms with E-state index >= 15 is 0 Å². The van der Waals surface area contributed by atoms with Crippen LogP contribution in [0.2, 0.25) is 0 Å². The molecule has 0 saturated heterocycles. The van der Waals surface area contributed by atoms with Crippen molar-refractivity contribution in [1.29, 1.82) is 0 Å². The van der Waals surface area contributed by atoms with Crippen LogP contribution in [0.15, 0.2) is 16.8 Å². The van der Waals surface area contributed by atoms with Crippen molar-refractivity contribution in [3.8, 4) is 0 Å². The number of thiophene rings is 1. The molecule has 15 heavy (non-hydrogen) atoms. The van der Waals surface area contributed by atoms with Gasteiger partial charge in [-0.1, -0.05) is 25.7 Å². The van der Waals surface area contributed by atoms with Gasteiger partial charge in [0.05, 0.1) is 5.60 Å². The first-order chi connectivity index (χ1) is 7.22. The van der Waals surface area contributed by atoms with Crippen LogP contribution in [0.4, 0.5) is 0 Å². The van der Waals surface area contributed by atoms with Crippen molar-refractivity contribution in [2.24, 2.45) is 0 Å². The summed E-state index contributed by atoms with van der Waals surface area (Å²) in [7, 11) is 0. The highest BCUT2D eigenvalue weighted by atomic mass is 32.1. The Kier molecular flexibility index (Phi) is 3.44. The molecule has 1 unspecified atom stereocenters. The fourth-order valence-electron chi connectivity index (χ4n) is 2.36. The van der Waals surface area contributed by atoms with Crippen LogP contribution in [0.25, 0.3) is 0 Å². The zero-order valence-electron chi connectivity index (χ0n) is 8.85. The van der Waals surface area contributed by atoms with Crippen LogP contribution < -0.4 is 0 Å². The highest BCUT2D eigenvalue weighted by molar-refractivity contribution is 7.07. The lowest BCUT2D eigenvalue weighted by molar-refractivity contribution is -0.0865. The fraction of sp³-hybridized carbons (Fsp3) is 0.667. The van der Waals surface area contributed by atoms with Gasteiger partial charge in [-0.25, -0.2) is 0 Å². The number of aliphatic hydroxyl groups excluding tert-OH is 1. The maximum absolute atomic E-state index is 10.4. The Balaban J connectivity index is 2.12. The Hall–Kier alpha value is -0.380. The summed E-state index contributed by atoms with van der Waals surface area (Å²) in [5.74, 6) is 0. The average Bonchev–Trinajstić information content (AvgIpc) is 2.67. The molecule has 1 aromatic heterocycles. The van der Waals surface area contributed by atoms with Gasteiger partial charge in [0.15, 0.2) is 0 Å². The molecular formula is C12H18O2S. The number of rotatable bonds is 2. The SMILES string of the molecule is OC(c1ccsc1)C1(O)CCCCCC1. The predicted octanol–water partition coefficient (Wildman–Crippen LogP) is 2.87. The molecule has 1 fully saturated rings. The van der Waals surface area contributed by atoms with Gasteiger partial charge in [-0.3, -0.25) is 0 Å². The van der Waals surface area contributed by atoms with Gasteiger partial charge in [0.25, 0.3) is 0 Å². The van der Waals surface area contributed by atoms with Gasteiger partial charge < -0.3 is 10.2 Å². The van der Waals surface area contributed by atoms with Crippen LogP contribution in [0.5, 0.6) is 0 Å². The molecule has 0 amide bonds. The van der Waals surface area contributed by atoms with Crippen LogP contribution in [0, 0.1) is 0 Å². The molecule has 0 spiro atoms. The van der Waals surface area contributed by atoms with Crippen LogP contribution in [-0.2, 0) is 0 Å². The van der Waals surface area contributed by atoms with Crippen molar-refractivity contribution in [2.45, 2.75) is 50.2 Å². The third-order valence-corrected chi connectivity index (χ3v) is 4.04. The molecule has 1 saturated carbocycles. The third kappa shape index (κ3) is 2.41. The minimum atomic E-state index is -0.891. The smallest absolute Gasteiger partial charge is 0.108 e. The molecule has 0 aromatic carbocycles. The summed E-state index contributed by atoms with van der Waals surface area (Å²) < 4.78 is 0. The maximum atomic E-state index is 10.4. The van der Waals surface area contributed by atoms with Crippen LogP contribution >= 0.6 is 11.3 Å². The Bertz CT molecular complexity index is 287. The van der Waals surface area contributed by atoms with Crippen molar-refractivity contribution in [3.63, 3.8) is 0 Å². The van der Waals surface area contributed by atoms with E-state index in [1.807, 2.05) is 16.8 Å². The van der Waals surface area contributed by atoms with Crippen molar-refractivity contribution in [2.75, 3.05) is 0 Å². The predicted molar refractivity (Wildman–Crippen MR) is 61.9 cm³/mol. The Morgan fingerprint density at radius 1 is 1.20 bits per heavy atom. The molecule has 1 aliphatic rings. The summed E-state index contributed by atoms with van der Waals surface area (Å²) in [6.45, 7) is 0. The zero-order valence-corrected chi connectivity index (χ0v) is 9.67. The van der Waals surface area contributed by atoms with Gasteiger partial charge in [-0.2, -0.15) is 11.3 Å². The lowest BCUT2D eigenvalue weighted by Crippen LogP contribution is -2.35. The van der Waals surface area contributed by atoms with Gasteiger partial charge >= 0.3 is 0 Å². The molecule has 1 aromatic rings. The van der Waals surface area contributed by atoms with E-state index < -0.39 is 11.7 Å². The lowest BCUT2D eigenvalue weighted by atomic mass is 9.85. The normalized spacial score (nSPS) is 23.3. The van der Waals surface area contributed by atoms with E-state index in [4.69, 9.17) is 0 Å². The van der Waals surface area contributed by atoms with Crippen LogP contribution in [0.1, 0.15) is 50.2 Å². The largest absolute Gasteiger partial charge is 0.387 e. The van der Waals surface area contributed by atoms with Gasteiger partial charge in [0.1, 0.15) is 6.10 Å². The summed E-state index contributed by atoms with van der Waals surface area (Å²) in [6.07, 6.45) is 5.16. The molecule has 84 valence electrons. The van der Waals surface area contributed by atoms with Crippen LogP contribution in [-0.4, -0.2) is 15.8 Å². The van der Waals surface area contributed by atoms with Gasteiger partial charge in [0, 0.05) is 0 Å². The number of hydrogen-bond donors (Lipinski definition) is 2. The molecule has 2 rings (SSSR count). The second-order valence-corrected chi connectivity index (χ2v) is 5.26. The van der Waals surface area contributed by atoms with Gasteiger partial charge in [0.2, 0.25) is 0 Å². The first-order valence-electron chi connectivity index (χ1n) is 5.65.